The highest BCUT2D eigenvalue weighted by molar-refractivity contribution is 5.75. The summed E-state index contributed by atoms with van der Waals surface area (Å²) in [6.45, 7) is 2.99. The lowest BCUT2D eigenvalue weighted by Gasteiger charge is -2.12. The van der Waals surface area contributed by atoms with Crippen LogP contribution in [0.25, 0.3) is 0 Å². The molecule has 3 N–H and O–H groups in total. The fraction of sp³-hybridized carbons (Fsp3) is 0.462. The quantitative estimate of drug-likeness (QED) is 0.733. The van der Waals surface area contributed by atoms with Gasteiger partial charge in [0, 0.05) is 25.6 Å². The van der Waals surface area contributed by atoms with Crippen molar-refractivity contribution in [2.45, 2.75) is 26.3 Å². The SMILES string of the molecule is CNC(=O)CCCOc1c(C)cccc1CN. The molecule has 0 unspecified atom stereocenters. The molecule has 0 aromatic heterocycles. The molecule has 1 aromatic rings. The van der Waals surface area contributed by atoms with Crippen molar-refractivity contribution < 1.29 is 9.53 Å². The van der Waals surface area contributed by atoms with Gasteiger partial charge in [-0.25, -0.2) is 0 Å². The Balaban J connectivity index is 2.48. The van der Waals surface area contributed by atoms with Gasteiger partial charge in [-0.15, -0.1) is 0 Å². The molecule has 0 fully saturated rings. The fourth-order valence-electron chi connectivity index (χ4n) is 1.61. The Morgan fingerprint density at radius 3 is 2.88 bits per heavy atom. The number of amides is 1. The Bertz CT molecular complexity index is 378. The van der Waals surface area contributed by atoms with Crippen molar-refractivity contribution in [3.63, 3.8) is 0 Å². The first kappa shape index (κ1) is 13.5. The van der Waals surface area contributed by atoms with Crippen molar-refractivity contribution in [1.82, 2.24) is 5.32 Å². The van der Waals surface area contributed by atoms with Gasteiger partial charge in [0.1, 0.15) is 5.75 Å². The molecular formula is C13H20N2O2. The summed E-state index contributed by atoms with van der Waals surface area (Å²) in [6.07, 6.45) is 1.19. The molecule has 0 aliphatic heterocycles. The maximum absolute atomic E-state index is 11.0. The zero-order valence-electron chi connectivity index (χ0n) is 10.5. The third-order valence-corrected chi connectivity index (χ3v) is 2.59. The number of para-hydroxylation sites is 1. The minimum absolute atomic E-state index is 0.0393. The molecule has 0 bridgehead atoms. The average Bonchev–Trinajstić information content (AvgIpc) is 2.35. The van der Waals surface area contributed by atoms with Crippen LogP contribution in [-0.2, 0) is 11.3 Å². The zero-order chi connectivity index (χ0) is 12.7. The molecule has 0 aliphatic rings. The van der Waals surface area contributed by atoms with Gasteiger partial charge in [-0.1, -0.05) is 18.2 Å². The van der Waals surface area contributed by atoms with Crippen LogP contribution in [0, 0.1) is 6.92 Å². The van der Waals surface area contributed by atoms with Gasteiger partial charge in [0.25, 0.3) is 0 Å². The van der Waals surface area contributed by atoms with E-state index < -0.39 is 0 Å². The second kappa shape index (κ2) is 6.91. The highest BCUT2D eigenvalue weighted by atomic mass is 16.5. The molecule has 17 heavy (non-hydrogen) atoms. The highest BCUT2D eigenvalue weighted by Crippen LogP contribution is 2.23. The van der Waals surface area contributed by atoms with Crippen molar-refractivity contribution in [3.05, 3.63) is 29.3 Å². The topological polar surface area (TPSA) is 64.3 Å². The number of ether oxygens (including phenoxy) is 1. The van der Waals surface area contributed by atoms with Crippen LogP contribution in [0.15, 0.2) is 18.2 Å². The number of nitrogens with two attached hydrogens (primary N) is 1. The fourth-order valence-corrected chi connectivity index (χ4v) is 1.61. The van der Waals surface area contributed by atoms with Crippen LogP contribution in [0.1, 0.15) is 24.0 Å². The molecular weight excluding hydrogens is 216 g/mol. The van der Waals surface area contributed by atoms with E-state index in [2.05, 4.69) is 5.32 Å². The normalized spacial score (nSPS) is 10.1. The second-order valence-electron chi connectivity index (χ2n) is 3.89. The van der Waals surface area contributed by atoms with Crippen molar-refractivity contribution in [2.24, 2.45) is 5.73 Å². The number of hydrogen-bond donors (Lipinski definition) is 2. The van der Waals surface area contributed by atoms with Crippen LogP contribution in [0.5, 0.6) is 5.75 Å². The van der Waals surface area contributed by atoms with Crippen molar-refractivity contribution in [1.29, 1.82) is 0 Å². The number of aryl methyl sites for hydroxylation is 1. The number of rotatable bonds is 6. The van der Waals surface area contributed by atoms with E-state index in [0.717, 1.165) is 16.9 Å². The third-order valence-electron chi connectivity index (χ3n) is 2.59. The van der Waals surface area contributed by atoms with Gasteiger partial charge in [0.05, 0.1) is 6.61 Å². The summed E-state index contributed by atoms with van der Waals surface area (Å²) >= 11 is 0. The van der Waals surface area contributed by atoms with Gasteiger partial charge >= 0.3 is 0 Å². The van der Waals surface area contributed by atoms with E-state index >= 15 is 0 Å². The maximum Gasteiger partial charge on any atom is 0.219 e. The Hall–Kier alpha value is -1.55. The third kappa shape index (κ3) is 4.07. The minimum Gasteiger partial charge on any atom is -0.493 e. The van der Waals surface area contributed by atoms with Crippen molar-refractivity contribution >= 4 is 5.91 Å². The van der Waals surface area contributed by atoms with Crippen LogP contribution < -0.4 is 15.8 Å². The summed E-state index contributed by atoms with van der Waals surface area (Å²) < 4.78 is 5.69. The first-order valence-corrected chi connectivity index (χ1v) is 5.81. The van der Waals surface area contributed by atoms with Gasteiger partial charge in [-0.05, 0) is 18.9 Å². The Kier molecular flexibility index (Phi) is 5.49. The highest BCUT2D eigenvalue weighted by Gasteiger charge is 2.05. The Labute approximate surface area is 102 Å². The molecule has 4 nitrogen and oxygen atoms in total. The van der Waals surface area contributed by atoms with E-state index in [4.69, 9.17) is 10.5 Å². The van der Waals surface area contributed by atoms with Gasteiger partial charge < -0.3 is 15.8 Å². The van der Waals surface area contributed by atoms with Gasteiger partial charge in [0.2, 0.25) is 5.91 Å². The monoisotopic (exact) mass is 236 g/mol. The standard InChI is InChI=1S/C13H20N2O2/c1-10-5-3-6-11(9-14)13(10)17-8-4-7-12(16)15-2/h3,5-6H,4,7-9,14H2,1-2H3,(H,15,16). The lowest BCUT2D eigenvalue weighted by atomic mass is 10.1. The van der Waals surface area contributed by atoms with E-state index in [1.807, 2.05) is 25.1 Å². The predicted octanol–water partition coefficient (Wildman–Crippen LogP) is 1.36. The molecule has 1 amide bonds. The minimum atomic E-state index is 0.0393. The summed E-state index contributed by atoms with van der Waals surface area (Å²) in [4.78, 5) is 11.0. The molecule has 0 heterocycles. The average molecular weight is 236 g/mol. The zero-order valence-corrected chi connectivity index (χ0v) is 10.5. The van der Waals surface area contributed by atoms with Crippen LogP contribution in [0.4, 0.5) is 0 Å². The van der Waals surface area contributed by atoms with E-state index in [1.165, 1.54) is 0 Å². The first-order chi connectivity index (χ1) is 8.19. The molecule has 0 atom stereocenters. The van der Waals surface area contributed by atoms with Crippen molar-refractivity contribution in [3.8, 4) is 5.75 Å². The number of hydrogen-bond acceptors (Lipinski definition) is 3. The van der Waals surface area contributed by atoms with Crippen LogP contribution in [0.3, 0.4) is 0 Å². The molecule has 0 radical (unpaired) electrons. The Morgan fingerprint density at radius 1 is 1.47 bits per heavy atom. The van der Waals surface area contributed by atoms with Crippen molar-refractivity contribution in [2.75, 3.05) is 13.7 Å². The molecule has 1 rings (SSSR count). The second-order valence-corrected chi connectivity index (χ2v) is 3.89. The van der Waals surface area contributed by atoms with E-state index in [-0.39, 0.29) is 5.91 Å². The lowest BCUT2D eigenvalue weighted by Crippen LogP contribution is -2.18. The first-order valence-electron chi connectivity index (χ1n) is 5.81. The smallest absolute Gasteiger partial charge is 0.219 e. The van der Waals surface area contributed by atoms with E-state index in [0.29, 0.717) is 26.0 Å². The van der Waals surface area contributed by atoms with E-state index in [1.54, 1.807) is 7.05 Å². The molecule has 0 aliphatic carbocycles. The summed E-state index contributed by atoms with van der Waals surface area (Å²) in [6, 6.07) is 5.92. The number of nitrogens with one attached hydrogen (secondary N) is 1. The summed E-state index contributed by atoms with van der Waals surface area (Å²) in [5.74, 6) is 0.893. The summed E-state index contributed by atoms with van der Waals surface area (Å²) in [5.41, 5.74) is 7.73. The summed E-state index contributed by atoms with van der Waals surface area (Å²) in [7, 11) is 1.64. The lowest BCUT2D eigenvalue weighted by molar-refractivity contribution is -0.120. The molecule has 0 saturated heterocycles. The molecule has 4 heteroatoms. The van der Waals surface area contributed by atoms with E-state index in [9.17, 15) is 4.79 Å². The number of carbonyl (C=O) groups is 1. The largest absolute Gasteiger partial charge is 0.493 e. The predicted molar refractivity (Wildman–Crippen MR) is 67.9 cm³/mol. The molecule has 0 saturated carbocycles. The Morgan fingerprint density at radius 2 is 2.24 bits per heavy atom. The molecule has 0 spiro atoms. The molecule has 94 valence electrons. The number of benzene rings is 1. The van der Waals surface area contributed by atoms with Crippen LogP contribution >= 0.6 is 0 Å². The van der Waals surface area contributed by atoms with Gasteiger partial charge in [-0.2, -0.15) is 0 Å². The maximum atomic E-state index is 11.0. The van der Waals surface area contributed by atoms with Gasteiger partial charge in [-0.3, -0.25) is 4.79 Å². The summed E-state index contributed by atoms with van der Waals surface area (Å²) in [5, 5.41) is 2.58. The number of carbonyl (C=O) groups excluding carboxylic acids is 1. The molecule has 1 aromatic carbocycles. The van der Waals surface area contributed by atoms with Crippen LogP contribution in [-0.4, -0.2) is 19.6 Å². The van der Waals surface area contributed by atoms with Crippen LogP contribution in [0.2, 0.25) is 0 Å². The van der Waals surface area contributed by atoms with Gasteiger partial charge in [0.15, 0.2) is 0 Å².